The molecule has 0 spiro atoms. The summed E-state index contributed by atoms with van der Waals surface area (Å²) in [5.41, 5.74) is 7.07. The molecule has 1 aliphatic heterocycles. The van der Waals surface area contributed by atoms with Crippen molar-refractivity contribution in [3.8, 4) is 0 Å². The van der Waals surface area contributed by atoms with Crippen LogP contribution in [0.4, 0.5) is 5.69 Å². The fourth-order valence-electron chi connectivity index (χ4n) is 3.21. The monoisotopic (exact) mass is 279 g/mol. The smallest absolute Gasteiger partial charge is 0.0555 e. The largest absolute Gasteiger partial charge is 0.377 e. The van der Waals surface area contributed by atoms with Gasteiger partial charge in [-0.1, -0.05) is 70.2 Å². The molecular formula is C20H25N. The van der Waals surface area contributed by atoms with Gasteiger partial charge in [-0.05, 0) is 40.5 Å². The Morgan fingerprint density at radius 1 is 0.905 bits per heavy atom. The van der Waals surface area contributed by atoms with Crippen molar-refractivity contribution in [2.75, 3.05) is 5.32 Å². The number of fused-ring (bicyclic) bond motifs is 1. The number of anilines is 1. The van der Waals surface area contributed by atoms with E-state index < -0.39 is 0 Å². The second-order valence-corrected chi connectivity index (χ2v) is 6.76. The van der Waals surface area contributed by atoms with E-state index in [1.807, 2.05) is 0 Å². The average Bonchev–Trinajstić information content (AvgIpc) is 2.90. The van der Waals surface area contributed by atoms with E-state index in [4.69, 9.17) is 0 Å². The van der Waals surface area contributed by atoms with Crippen LogP contribution in [-0.4, -0.2) is 0 Å². The predicted molar refractivity (Wildman–Crippen MR) is 91.1 cm³/mol. The highest BCUT2D eigenvalue weighted by Crippen LogP contribution is 2.39. The first-order chi connectivity index (χ1) is 10.1. The quantitative estimate of drug-likeness (QED) is 0.766. The Morgan fingerprint density at radius 2 is 1.62 bits per heavy atom. The Bertz CT molecular complexity index is 623. The minimum absolute atomic E-state index is 0.418. The molecule has 21 heavy (non-hydrogen) atoms. The lowest BCUT2D eigenvalue weighted by molar-refractivity contribution is 0.814. The normalized spacial score (nSPS) is 17.1. The van der Waals surface area contributed by atoms with Gasteiger partial charge in [-0.15, -0.1) is 0 Å². The Kier molecular flexibility index (Phi) is 3.75. The topological polar surface area (TPSA) is 12.0 Å². The SMILES string of the molecule is CC(C)c1ccc(C2Cc3cccc(C(C)C)c3N2)cc1. The zero-order valence-corrected chi connectivity index (χ0v) is 13.5. The average molecular weight is 279 g/mol. The van der Waals surface area contributed by atoms with Crippen LogP contribution in [0.25, 0.3) is 0 Å². The van der Waals surface area contributed by atoms with Gasteiger partial charge in [0.1, 0.15) is 0 Å². The van der Waals surface area contributed by atoms with Crippen LogP contribution >= 0.6 is 0 Å². The van der Waals surface area contributed by atoms with Gasteiger partial charge in [0.15, 0.2) is 0 Å². The van der Waals surface area contributed by atoms with Crippen LogP contribution in [0.3, 0.4) is 0 Å². The van der Waals surface area contributed by atoms with Gasteiger partial charge in [0, 0.05) is 5.69 Å². The van der Waals surface area contributed by atoms with Crippen LogP contribution in [-0.2, 0) is 6.42 Å². The lowest BCUT2D eigenvalue weighted by Crippen LogP contribution is -2.06. The molecular weight excluding hydrogens is 254 g/mol. The maximum absolute atomic E-state index is 3.75. The van der Waals surface area contributed by atoms with E-state index >= 15 is 0 Å². The summed E-state index contributed by atoms with van der Waals surface area (Å²) in [4.78, 5) is 0. The lowest BCUT2D eigenvalue weighted by atomic mass is 9.96. The molecule has 2 aromatic carbocycles. The van der Waals surface area contributed by atoms with E-state index in [1.165, 1.54) is 27.9 Å². The minimum atomic E-state index is 0.418. The summed E-state index contributed by atoms with van der Waals surface area (Å²) in [6, 6.07) is 16.2. The molecule has 0 aliphatic carbocycles. The van der Waals surface area contributed by atoms with Crippen LogP contribution in [0.1, 0.15) is 67.8 Å². The van der Waals surface area contributed by atoms with Crippen molar-refractivity contribution in [3.63, 3.8) is 0 Å². The van der Waals surface area contributed by atoms with Crippen LogP contribution in [0.5, 0.6) is 0 Å². The third-order valence-electron chi connectivity index (χ3n) is 4.55. The van der Waals surface area contributed by atoms with Gasteiger partial charge in [0.2, 0.25) is 0 Å². The number of nitrogens with one attached hydrogen (secondary N) is 1. The molecule has 1 unspecified atom stereocenters. The fourth-order valence-corrected chi connectivity index (χ4v) is 3.21. The van der Waals surface area contributed by atoms with Gasteiger partial charge < -0.3 is 5.32 Å². The first kappa shape index (κ1) is 14.2. The first-order valence-corrected chi connectivity index (χ1v) is 8.04. The highest BCUT2D eigenvalue weighted by atomic mass is 15.0. The van der Waals surface area contributed by atoms with Crippen molar-refractivity contribution in [3.05, 3.63) is 64.7 Å². The Morgan fingerprint density at radius 3 is 2.24 bits per heavy atom. The predicted octanol–water partition coefficient (Wildman–Crippen LogP) is 5.64. The molecule has 0 amide bonds. The summed E-state index contributed by atoms with van der Waals surface area (Å²) < 4.78 is 0. The molecule has 1 heterocycles. The fraction of sp³-hybridized carbons (Fsp3) is 0.400. The highest BCUT2D eigenvalue weighted by Gasteiger charge is 2.24. The van der Waals surface area contributed by atoms with Crippen molar-refractivity contribution in [2.45, 2.75) is 52.0 Å². The van der Waals surface area contributed by atoms with E-state index in [1.54, 1.807) is 0 Å². The molecule has 1 atom stereocenters. The molecule has 2 aromatic rings. The van der Waals surface area contributed by atoms with Gasteiger partial charge >= 0.3 is 0 Å². The molecule has 0 aromatic heterocycles. The summed E-state index contributed by atoms with van der Waals surface area (Å²) in [6.07, 6.45) is 1.09. The molecule has 0 fully saturated rings. The molecule has 110 valence electrons. The van der Waals surface area contributed by atoms with E-state index in [2.05, 4.69) is 75.5 Å². The summed E-state index contributed by atoms with van der Waals surface area (Å²) in [6.45, 7) is 9.02. The van der Waals surface area contributed by atoms with Gasteiger partial charge in [-0.25, -0.2) is 0 Å². The maximum atomic E-state index is 3.75. The Hall–Kier alpha value is -1.76. The van der Waals surface area contributed by atoms with Gasteiger partial charge in [-0.3, -0.25) is 0 Å². The first-order valence-electron chi connectivity index (χ1n) is 8.04. The van der Waals surface area contributed by atoms with Crippen molar-refractivity contribution < 1.29 is 0 Å². The van der Waals surface area contributed by atoms with Crippen LogP contribution < -0.4 is 5.32 Å². The maximum Gasteiger partial charge on any atom is 0.0555 e. The summed E-state index contributed by atoms with van der Waals surface area (Å²) in [5.74, 6) is 1.16. The third-order valence-corrected chi connectivity index (χ3v) is 4.55. The van der Waals surface area contributed by atoms with Crippen molar-refractivity contribution in [1.29, 1.82) is 0 Å². The van der Waals surface area contributed by atoms with Gasteiger partial charge in [0.05, 0.1) is 6.04 Å². The van der Waals surface area contributed by atoms with E-state index in [0.29, 0.717) is 17.9 Å². The number of hydrogen-bond acceptors (Lipinski definition) is 1. The standard InChI is InChI=1S/C20H25N/c1-13(2)15-8-10-16(11-9-15)19-12-17-6-5-7-18(14(3)4)20(17)21-19/h5-11,13-14,19,21H,12H2,1-4H3. The number of benzene rings is 2. The number of rotatable bonds is 3. The van der Waals surface area contributed by atoms with Crippen LogP contribution in [0, 0.1) is 0 Å². The molecule has 0 saturated heterocycles. The Balaban J connectivity index is 1.86. The Labute approximate surface area is 128 Å². The van der Waals surface area contributed by atoms with E-state index in [-0.39, 0.29) is 0 Å². The third kappa shape index (κ3) is 2.70. The van der Waals surface area contributed by atoms with Crippen molar-refractivity contribution in [1.82, 2.24) is 0 Å². The number of para-hydroxylation sites is 1. The lowest BCUT2D eigenvalue weighted by Gasteiger charge is -2.16. The molecule has 0 bridgehead atoms. The summed E-state index contributed by atoms with van der Waals surface area (Å²) in [5, 5.41) is 3.75. The second-order valence-electron chi connectivity index (χ2n) is 6.76. The molecule has 1 nitrogen and oxygen atoms in total. The van der Waals surface area contributed by atoms with Crippen LogP contribution in [0.2, 0.25) is 0 Å². The van der Waals surface area contributed by atoms with Crippen LogP contribution in [0.15, 0.2) is 42.5 Å². The van der Waals surface area contributed by atoms with Gasteiger partial charge in [-0.2, -0.15) is 0 Å². The van der Waals surface area contributed by atoms with E-state index in [0.717, 1.165) is 6.42 Å². The summed E-state index contributed by atoms with van der Waals surface area (Å²) in [7, 11) is 0. The molecule has 1 heteroatoms. The molecule has 1 N–H and O–H groups in total. The molecule has 0 saturated carbocycles. The molecule has 3 rings (SSSR count). The van der Waals surface area contributed by atoms with E-state index in [9.17, 15) is 0 Å². The second kappa shape index (κ2) is 5.55. The van der Waals surface area contributed by atoms with Crippen molar-refractivity contribution >= 4 is 5.69 Å². The zero-order valence-electron chi connectivity index (χ0n) is 13.5. The zero-order chi connectivity index (χ0) is 15.0. The summed E-state index contributed by atoms with van der Waals surface area (Å²) >= 11 is 0. The van der Waals surface area contributed by atoms with Gasteiger partial charge in [0.25, 0.3) is 0 Å². The molecule has 1 aliphatic rings. The highest BCUT2D eigenvalue weighted by molar-refractivity contribution is 5.64. The van der Waals surface area contributed by atoms with Crippen molar-refractivity contribution in [2.24, 2.45) is 0 Å². The minimum Gasteiger partial charge on any atom is -0.377 e. The number of hydrogen-bond donors (Lipinski definition) is 1. The molecule has 0 radical (unpaired) electrons.